The Kier molecular flexibility index (Phi) is 5.63. The van der Waals surface area contributed by atoms with Crippen LogP contribution in [0.15, 0.2) is 18.2 Å². The van der Waals surface area contributed by atoms with Gasteiger partial charge >= 0.3 is 0 Å². The van der Waals surface area contributed by atoms with Gasteiger partial charge in [0.1, 0.15) is 0 Å². The van der Waals surface area contributed by atoms with Crippen LogP contribution < -0.4 is 5.73 Å². The van der Waals surface area contributed by atoms with Crippen molar-refractivity contribution in [2.75, 3.05) is 13.1 Å². The van der Waals surface area contributed by atoms with Gasteiger partial charge in [-0.1, -0.05) is 37.6 Å². The number of aryl methyl sites for hydroxylation is 1. The van der Waals surface area contributed by atoms with Crippen molar-refractivity contribution >= 4 is 17.4 Å². The number of nitrogens with zero attached hydrogens (tertiary/aromatic N) is 1. The summed E-state index contributed by atoms with van der Waals surface area (Å²) < 4.78 is 0. The molecule has 0 fully saturated rings. The Morgan fingerprint density at radius 2 is 2.17 bits per heavy atom. The summed E-state index contributed by atoms with van der Waals surface area (Å²) in [6, 6.07) is 6.13. The molecule has 4 heteroatoms. The fourth-order valence-electron chi connectivity index (χ4n) is 1.81. The average Bonchev–Trinajstić information content (AvgIpc) is 2.31. The lowest BCUT2D eigenvalue weighted by molar-refractivity contribution is 0.263. The highest BCUT2D eigenvalue weighted by molar-refractivity contribution is 6.31. The van der Waals surface area contributed by atoms with Gasteiger partial charge in [-0.3, -0.25) is 10.3 Å². The van der Waals surface area contributed by atoms with E-state index in [0.717, 1.165) is 30.2 Å². The molecule has 0 amide bonds. The van der Waals surface area contributed by atoms with Gasteiger partial charge in [0.15, 0.2) is 0 Å². The highest BCUT2D eigenvalue weighted by Crippen LogP contribution is 2.19. The molecule has 100 valence electrons. The number of nitrogens with two attached hydrogens (primary N) is 1. The molecule has 0 spiro atoms. The van der Waals surface area contributed by atoms with Crippen molar-refractivity contribution in [3.8, 4) is 0 Å². The van der Waals surface area contributed by atoms with Crippen molar-refractivity contribution < 1.29 is 0 Å². The lowest BCUT2D eigenvalue weighted by Crippen LogP contribution is -2.34. The summed E-state index contributed by atoms with van der Waals surface area (Å²) in [6.45, 7) is 8.62. The maximum atomic E-state index is 7.44. The van der Waals surface area contributed by atoms with Gasteiger partial charge < -0.3 is 5.73 Å². The highest BCUT2D eigenvalue weighted by atomic mass is 35.5. The predicted molar refractivity (Wildman–Crippen MR) is 78.2 cm³/mol. The van der Waals surface area contributed by atoms with Crippen LogP contribution in [0.25, 0.3) is 0 Å². The van der Waals surface area contributed by atoms with Gasteiger partial charge in [0.05, 0.1) is 5.84 Å². The number of hydrogen-bond acceptors (Lipinski definition) is 2. The molecular weight excluding hydrogens is 246 g/mol. The summed E-state index contributed by atoms with van der Waals surface area (Å²) in [4.78, 5) is 2.25. The Morgan fingerprint density at radius 3 is 2.67 bits per heavy atom. The fraction of sp³-hybridized carbons (Fsp3) is 0.500. The number of rotatable bonds is 6. The largest absolute Gasteiger partial charge is 0.387 e. The average molecular weight is 268 g/mol. The van der Waals surface area contributed by atoms with Gasteiger partial charge in [-0.15, -0.1) is 0 Å². The van der Waals surface area contributed by atoms with Crippen molar-refractivity contribution in [2.45, 2.75) is 27.3 Å². The molecule has 18 heavy (non-hydrogen) atoms. The van der Waals surface area contributed by atoms with Gasteiger partial charge in [-0.05, 0) is 30.7 Å². The summed E-state index contributed by atoms with van der Waals surface area (Å²) >= 11 is 6.24. The molecule has 1 atom stereocenters. The van der Waals surface area contributed by atoms with E-state index >= 15 is 0 Å². The number of hydrogen-bond donors (Lipinski definition) is 2. The van der Waals surface area contributed by atoms with E-state index in [1.54, 1.807) is 0 Å². The first-order valence-corrected chi connectivity index (χ1v) is 6.63. The van der Waals surface area contributed by atoms with Crippen molar-refractivity contribution in [1.82, 2.24) is 4.90 Å². The smallest absolute Gasteiger partial charge is 0.0947 e. The summed E-state index contributed by atoms with van der Waals surface area (Å²) in [7, 11) is 0. The molecule has 3 N–H and O–H groups in total. The summed E-state index contributed by atoms with van der Waals surface area (Å²) in [5.41, 5.74) is 7.81. The van der Waals surface area contributed by atoms with Crippen molar-refractivity contribution in [1.29, 1.82) is 5.41 Å². The number of nitrogens with one attached hydrogen (secondary N) is 1. The zero-order chi connectivity index (χ0) is 13.7. The zero-order valence-corrected chi connectivity index (χ0v) is 12.1. The molecule has 0 aliphatic heterocycles. The van der Waals surface area contributed by atoms with Gasteiger partial charge in [0.2, 0.25) is 0 Å². The van der Waals surface area contributed by atoms with Gasteiger partial charge in [0, 0.05) is 24.0 Å². The Labute approximate surface area is 114 Å². The molecule has 1 rings (SSSR count). The lowest BCUT2D eigenvalue weighted by Gasteiger charge is -2.24. The van der Waals surface area contributed by atoms with Crippen molar-refractivity contribution in [3.05, 3.63) is 34.3 Å². The Balaban J connectivity index is 2.70. The molecule has 0 aliphatic carbocycles. The third-order valence-electron chi connectivity index (χ3n) is 3.11. The van der Waals surface area contributed by atoms with E-state index in [2.05, 4.69) is 24.0 Å². The first-order valence-electron chi connectivity index (χ1n) is 6.25. The molecule has 0 radical (unpaired) electrons. The SMILES string of the molecule is CCN(Cc1ccc(C)cc1Cl)CC(C)C(=N)N. The second-order valence-electron chi connectivity index (χ2n) is 4.78. The van der Waals surface area contributed by atoms with E-state index in [0.29, 0.717) is 0 Å². The molecule has 0 aromatic heterocycles. The first kappa shape index (κ1) is 15.0. The van der Waals surface area contributed by atoms with Crippen molar-refractivity contribution in [2.24, 2.45) is 11.7 Å². The van der Waals surface area contributed by atoms with E-state index in [1.165, 1.54) is 5.56 Å². The number of amidine groups is 1. The molecule has 3 nitrogen and oxygen atoms in total. The Hall–Kier alpha value is -1.06. The molecule has 1 aromatic rings. The standard InChI is InChI=1S/C14H22ClN3/c1-4-18(8-11(3)14(16)17)9-12-6-5-10(2)7-13(12)15/h5-7,11H,4,8-9H2,1-3H3,(H3,16,17). The minimum atomic E-state index is 0.0779. The fourth-order valence-corrected chi connectivity index (χ4v) is 2.11. The quantitative estimate of drug-likeness (QED) is 0.615. The maximum absolute atomic E-state index is 7.44. The normalized spacial score (nSPS) is 12.7. The monoisotopic (exact) mass is 267 g/mol. The van der Waals surface area contributed by atoms with Crippen LogP contribution in [0.5, 0.6) is 0 Å². The van der Waals surface area contributed by atoms with Gasteiger partial charge in [0.25, 0.3) is 0 Å². The van der Waals surface area contributed by atoms with E-state index in [1.807, 2.05) is 19.9 Å². The minimum Gasteiger partial charge on any atom is -0.387 e. The molecule has 1 aromatic carbocycles. The molecule has 0 bridgehead atoms. The van der Waals surface area contributed by atoms with Crippen LogP contribution in [0, 0.1) is 18.3 Å². The third kappa shape index (κ3) is 4.31. The third-order valence-corrected chi connectivity index (χ3v) is 3.46. The van der Waals surface area contributed by atoms with Gasteiger partial charge in [-0.2, -0.15) is 0 Å². The van der Waals surface area contributed by atoms with Gasteiger partial charge in [-0.25, -0.2) is 0 Å². The van der Waals surface area contributed by atoms with E-state index in [4.69, 9.17) is 22.7 Å². The van der Waals surface area contributed by atoms with E-state index in [9.17, 15) is 0 Å². The molecule has 1 unspecified atom stereocenters. The minimum absolute atomic E-state index is 0.0779. The van der Waals surface area contributed by atoms with Crippen LogP contribution in [-0.2, 0) is 6.54 Å². The maximum Gasteiger partial charge on any atom is 0.0947 e. The second kappa shape index (κ2) is 6.76. The first-order chi connectivity index (χ1) is 8.43. The molecule has 0 aliphatic rings. The van der Waals surface area contributed by atoms with Crippen LogP contribution >= 0.6 is 11.6 Å². The van der Waals surface area contributed by atoms with Crippen LogP contribution in [-0.4, -0.2) is 23.8 Å². The molecular formula is C14H22ClN3. The molecule has 0 saturated carbocycles. The summed E-state index contributed by atoms with van der Waals surface area (Å²) in [5.74, 6) is 0.317. The van der Waals surface area contributed by atoms with Crippen LogP contribution in [0.2, 0.25) is 5.02 Å². The lowest BCUT2D eigenvalue weighted by atomic mass is 10.1. The van der Waals surface area contributed by atoms with E-state index in [-0.39, 0.29) is 11.8 Å². The molecule has 0 saturated heterocycles. The number of halogens is 1. The van der Waals surface area contributed by atoms with E-state index < -0.39 is 0 Å². The second-order valence-corrected chi connectivity index (χ2v) is 5.19. The Morgan fingerprint density at radius 1 is 1.50 bits per heavy atom. The van der Waals surface area contributed by atoms with Crippen molar-refractivity contribution in [3.63, 3.8) is 0 Å². The zero-order valence-electron chi connectivity index (χ0n) is 11.3. The highest BCUT2D eigenvalue weighted by Gasteiger charge is 2.12. The predicted octanol–water partition coefficient (Wildman–Crippen LogP) is 3.04. The van der Waals surface area contributed by atoms with Crippen LogP contribution in [0.1, 0.15) is 25.0 Å². The summed E-state index contributed by atoms with van der Waals surface area (Å²) in [6.07, 6.45) is 0. The number of benzene rings is 1. The topological polar surface area (TPSA) is 53.1 Å². The summed E-state index contributed by atoms with van der Waals surface area (Å²) in [5, 5.41) is 8.25. The van der Waals surface area contributed by atoms with Crippen LogP contribution in [0.4, 0.5) is 0 Å². The Bertz CT molecular complexity index is 418. The van der Waals surface area contributed by atoms with Crippen LogP contribution in [0.3, 0.4) is 0 Å². The molecule has 0 heterocycles.